The molecule has 0 aliphatic rings. The van der Waals surface area contributed by atoms with E-state index in [1.807, 2.05) is 0 Å². The normalized spacial score (nSPS) is 9.00. The highest BCUT2D eigenvalue weighted by Gasteiger charge is 2.04. The van der Waals surface area contributed by atoms with Crippen molar-refractivity contribution in [3.8, 4) is 6.07 Å². The number of halogens is 1. The van der Waals surface area contributed by atoms with Gasteiger partial charge in [0.2, 0.25) is 0 Å². The van der Waals surface area contributed by atoms with Gasteiger partial charge in [0.1, 0.15) is 17.3 Å². The van der Waals surface area contributed by atoms with Crippen LogP contribution < -0.4 is 5.43 Å². The number of nitrogens with zero attached hydrogens (tertiary/aromatic N) is 1. The molecule has 4 nitrogen and oxygen atoms in total. The lowest BCUT2D eigenvalue weighted by Gasteiger charge is -1.92. The quantitative estimate of drug-likeness (QED) is 0.648. The van der Waals surface area contributed by atoms with E-state index < -0.39 is 10.7 Å². The van der Waals surface area contributed by atoms with Crippen molar-refractivity contribution in [1.29, 1.82) is 5.26 Å². The molecular formula is C7H3ClN2O2. The van der Waals surface area contributed by atoms with E-state index in [1.54, 1.807) is 6.07 Å². The molecule has 0 bridgehead atoms. The average Bonchev–Trinajstić information content (AvgIpc) is 2.04. The van der Waals surface area contributed by atoms with Gasteiger partial charge in [0, 0.05) is 12.3 Å². The van der Waals surface area contributed by atoms with Gasteiger partial charge in [-0.25, -0.2) is 0 Å². The number of hydrogen-bond donors (Lipinski definition) is 1. The fraction of sp³-hybridized carbons (Fsp3) is 0. The van der Waals surface area contributed by atoms with Crippen molar-refractivity contribution in [3.63, 3.8) is 0 Å². The molecule has 0 saturated heterocycles. The fourth-order valence-corrected chi connectivity index (χ4v) is 0.782. The SMILES string of the molecule is N#Cc1c[nH]c(C(=O)Cl)cc1=O. The lowest BCUT2D eigenvalue weighted by molar-refractivity contribution is 0.107. The highest BCUT2D eigenvalue weighted by molar-refractivity contribution is 6.67. The van der Waals surface area contributed by atoms with Gasteiger partial charge >= 0.3 is 0 Å². The molecule has 1 heterocycles. The monoisotopic (exact) mass is 182 g/mol. The maximum Gasteiger partial charge on any atom is 0.268 e. The molecule has 0 spiro atoms. The Kier molecular flexibility index (Phi) is 2.26. The second-order valence-corrected chi connectivity index (χ2v) is 2.35. The van der Waals surface area contributed by atoms with Crippen molar-refractivity contribution < 1.29 is 4.79 Å². The van der Waals surface area contributed by atoms with E-state index in [0.29, 0.717) is 0 Å². The molecule has 1 aromatic rings. The third-order valence-corrected chi connectivity index (χ3v) is 1.45. The Morgan fingerprint density at radius 3 is 2.75 bits per heavy atom. The number of pyridine rings is 1. The highest BCUT2D eigenvalue weighted by Crippen LogP contribution is 1.96. The van der Waals surface area contributed by atoms with Crippen LogP contribution in [0, 0.1) is 11.3 Å². The summed E-state index contributed by atoms with van der Waals surface area (Å²) in [6.45, 7) is 0. The molecule has 1 rings (SSSR count). The van der Waals surface area contributed by atoms with Crippen LogP contribution in [0.2, 0.25) is 0 Å². The summed E-state index contributed by atoms with van der Waals surface area (Å²) in [6.07, 6.45) is 1.15. The Hall–Kier alpha value is -1.60. The van der Waals surface area contributed by atoms with E-state index in [0.717, 1.165) is 12.3 Å². The second-order valence-electron chi connectivity index (χ2n) is 2.01. The summed E-state index contributed by atoms with van der Waals surface area (Å²) < 4.78 is 0. The Morgan fingerprint density at radius 1 is 1.67 bits per heavy atom. The van der Waals surface area contributed by atoms with Crippen LogP contribution in [0.4, 0.5) is 0 Å². The first-order chi connectivity index (χ1) is 5.65. The lowest BCUT2D eigenvalue weighted by Crippen LogP contribution is -2.08. The number of aromatic nitrogens is 1. The van der Waals surface area contributed by atoms with E-state index >= 15 is 0 Å². The summed E-state index contributed by atoms with van der Waals surface area (Å²) in [5.74, 6) is 0. The number of carbonyl (C=O) groups excluding carboxylic acids is 1. The van der Waals surface area contributed by atoms with Crippen LogP contribution >= 0.6 is 11.6 Å². The molecule has 0 saturated carbocycles. The van der Waals surface area contributed by atoms with Crippen molar-refractivity contribution in [2.75, 3.05) is 0 Å². The van der Waals surface area contributed by atoms with Crippen LogP contribution in [0.15, 0.2) is 17.1 Å². The number of aromatic amines is 1. The summed E-state index contributed by atoms with van der Waals surface area (Å²) in [7, 11) is 0. The topological polar surface area (TPSA) is 73.7 Å². The van der Waals surface area contributed by atoms with Gasteiger partial charge in [-0.2, -0.15) is 5.26 Å². The van der Waals surface area contributed by atoms with E-state index in [4.69, 9.17) is 16.9 Å². The third kappa shape index (κ3) is 1.52. The number of nitriles is 1. The zero-order valence-corrected chi connectivity index (χ0v) is 6.55. The minimum atomic E-state index is -0.753. The number of carbonyl (C=O) groups is 1. The molecule has 12 heavy (non-hydrogen) atoms. The summed E-state index contributed by atoms with van der Waals surface area (Å²) >= 11 is 5.08. The fourth-order valence-electron chi connectivity index (χ4n) is 0.672. The number of nitrogens with one attached hydrogen (secondary N) is 1. The summed E-state index contributed by atoms with van der Waals surface area (Å²) in [5, 5.41) is 7.61. The maximum atomic E-state index is 10.9. The lowest BCUT2D eigenvalue weighted by atomic mass is 10.2. The van der Waals surface area contributed by atoms with Crippen LogP contribution in [-0.4, -0.2) is 10.2 Å². The van der Waals surface area contributed by atoms with Gasteiger partial charge in [-0.3, -0.25) is 9.59 Å². The highest BCUT2D eigenvalue weighted by atomic mass is 35.5. The maximum absolute atomic E-state index is 10.9. The molecule has 0 atom stereocenters. The minimum absolute atomic E-state index is 0.0133. The number of rotatable bonds is 1. The van der Waals surface area contributed by atoms with E-state index in [9.17, 15) is 9.59 Å². The summed E-state index contributed by atoms with van der Waals surface area (Å²) in [5.41, 5.74) is -0.572. The number of hydrogen-bond acceptors (Lipinski definition) is 3. The first-order valence-electron chi connectivity index (χ1n) is 2.98. The molecular weight excluding hydrogens is 180 g/mol. The predicted molar refractivity (Wildman–Crippen MR) is 42.0 cm³/mol. The average molecular weight is 183 g/mol. The summed E-state index contributed by atoms with van der Waals surface area (Å²) in [6, 6.07) is 2.66. The zero-order chi connectivity index (χ0) is 9.14. The van der Waals surface area contributed by atoms with Crippen molar-refractivity contribution in [2.45, 2.75) is 0 Å². The van der Waals surface area contributed by atoms with Crippen LogP contribution in [0.1, 0.15) is 16.1 Å². The Labute approximate surface area is 72.4 Å². The molecule has 0 unspecified atom stereocenters. The van der Waals surface area contributed by atoms with Crippen molar-refractivity contribution in [3.05, 3.63) is 33.7 Å². The van der Waals surface area contributed by atoms with Crippen molar-refractivity contribution in [2.24, 2.45) is 0 Å². The molecule has 0 aromatic carbocycles. The molecule has 5 heteroatoms. The Morgan fingerprint density at radius 2 is 2.33 bits per heavy atom. The molecule has 0 amide bonds. The van der Waals surface area contributed by atoms with Crippen molar-refractivity contribution >= 4 is 16.8 Å². The van der Waals surface area contributed by atoms with E-state index in [2.05, 4.69) is 4.98 Å². The molecule has 1 N–H and O–H groups in total. The molecule has 0 radical (unpaired) electrons. The standard InChI is InChI=1S/C7H3ClN2O2/c8-7(12)5-1-6(11)4(2-9)3-10-5/h1,3H,(H,10,11). The molecule has 1 aromatic heterocycles. The first kappa shape index (κ1) is 8.50. The zero-order valence-electron chi connectivity index (χ0n) is 5.80. The second kappa shape index (κ2) is 3.20. The molecule has 60 valence electrons. The van der Waals surface area contributed by atoms with Crippen LogP contribution in [0.5, 0.6) is 0 Å². The predicted octanol–water partition coefficient (Wildman–Crippen LogP) is 0.626. The molecule has 0 fully saturated rings. The number of H-pyrrole nitrogens is 1. The van der Waals surface area contributed by atoms with E-state index in [1.165, 1.54) is 0 Å². The Bertz CT molecular complexity index is 416. The minimum Gasteiger partial charge on any atom is -0.356 e. The van der Waals surface area contributed by atoms with Crippen LogP contribution in [-0.2, 0) is 0 Å². The van der Waals surface area contributed by atoms with Gasteiger partial charge in [0.05, 0.1) is 0 Å². The Balaban J connectivity index is 3.31. The van der Waals surface area contributed by atoms with Gasteiger partial charge in [-0.05, 0) is 11.6 Å². The van der Waals surface area contributed by atoms with Gasteiger partial charge in [-0.15, -0.1) is 0 Å². The van der Waals surface area contributed by atoms with Crippen molar-refractivity contribution in [1.82, 2.24) is 4.98 Å². The van der Waals surface area contributed by atoms with Crippen LogP contribution in [0.3, 0.4) is 0 Å². The van der Waals surface area contributed by atoms with Gasteiger partial charge < -0.3 is 4.98 Å². The van der Waals surface area contributed by atoms with Crippen LogP contribution in [0.25, 0.3) is 0 Å². The van der Waals surface area contributed by atoms with Gasteiger partial charge in [-0.1, -0.05) is 0 Å². The smallest absolute Gasteiger partial charge is 0.268 e. The van der Waals surface area contributed by atoms with Gasteiger partial charge in [0.15, 0.2) is 5.43 Å². The van der Waals surface area contributed by atoms with E-state index in [-0.39, 0.29) is 11.3 Å². The third-order valence-electron chi connectivity index (χ3n) is 1.25. The molecule has 0 aliphatic heterocycles. The largest absolute Gasteiger partial charge is 0.356 e. The first-order valence-corrected chi connectivity index (χ1v) is 3.35. The molecule has 0 aliphatic carbocycles. The summed E-state index contributed by atoms with van der Waals surface area (Å²) in [4.78, 5) is 23.9. The van der Waals surface area contributed by atoms with Gasteiger partial charge in [0.25, 0.3) is 5.24 Å².